The predicted octanol–water partition coefficient (Wildman–Crippen LogP) is 2.47. The van der Waals surface area contributed by atoms with E-state index in [9.17, 15) is 9.59 Å². The number of amides is 1. The summed E-state index contributed by atoms with van der Waals surface area (Å²) in [4.78, 5) is 22.7. The van der Waals surface area contributed by atoms with Gasteiger partial charge in [0.2, 0.25) is 0 Å². The van der Waals surface area contributed by atoms with E-state index in [-0.39, 0.29) is 0 Å². The van der Waals surface area contributed by atoms with Crippen molar-refractivity contribution in [3.05, 3.63) is 65.7 Å². The summed E-state index contributed by atoms with van der Waals surface area (Å²) >= 11 is 0. The minimum atomic E-state index is -1.07. The molecule has 0 saturated carbocycles. The maximum absolute atomic E-state index is 12.0. The molecule has 0 aliphatic rings. The van der Waals surface area contributed by atoms with E-state index in [0.717, 1.165) is 11.3 Å². The summed E-state index contributed by atoms with van der Waals surface area (Å²) in [6, 6.07) is 15.3. The van der Waals surface area contributed by atoms with Gasteiger partial charge in [-0.05, 0) is 36.8 Å². The maximum Gasteiger partial charge on any atom is 0.325 e. The zero-order valence-electron chi connectivity index (χ0n) is 12.2. The lowest BCUT2D eigenvalue weighted by molar-refractivity contribution is -0.138. The topological polar surface area (TPSA) is 75.6 Å². The maximum atomic E-state index is 12.0. The molecule has 5 heteroatoms. The molecule has 0 fully saturated rings. The molecule has 0 saturated heterocycles. The summed E-state index contributed by atoms with van der Waals surface area (Å²) in [6.45, 7) is 1.75. The molecule has 2 N–H and O–H groups in total. The molecule has 114 valence electrons. The molecule has 2 rings (SSSR count). The Labute approximate surface area is 128 Å². The van der Waals surface area contributed by atoms with Crippen LogP contribution < -0.4 is 10.1 Å². The van der Waals surface area contributed by atoms with Crippen molar-refractivity contribution in [1.29, 1.82) is 0 Å². The van der Waals surface area contributed by atoms with Gasteiger partial charge in [-0.25, -0.2) is 0 Å². The van der Waals surface area contributed by atoms with Crippen LogP contribution >= 0.6 is 0 Å². The number of carbonyl (C=O) groups is 2. The van der Waals surface area contributed by atoms with E-state index in [1.54, 1.807) is 18.2 Å². The van der Waals surface area contributed by atoms with Crippen LogP contribution in [-0.4, -0.2) is 23.0 Å². The Hall–Kier alpha value is -2.82. The Balaban J connectivity index is 2.00. The lowest BCUT2D eigenvalue weighted by Crippen LogP contribution is -2.38. The third kappa shape index (κ3) is 4.34. The van der Waals surface area contributed by atoms with E-state index >= 15 is 0 Å². The highest BCUT2D eigenvalue weighted by Gasteiger charge is 2.15. The first-order chi connectivity index (χ1) is 10.6. The van der Waals surface area contributed by atoms with Gasteiger partial charge in [0.25, 0.3) is 5.91 Å². The van der Waals surface area contributed by atoms with Crippen molar-refractivity contribution in [2.75, 3.05) is 0 Å². The zero-order chi connectivity index (χ0) is 15.9. The zero-order valence-corrected chi connectivity index (χ0v) is 12.2. The minimum absolute atomic E-state index is 0.333. The number of hydrogen-bond acceptors (Lipinski definition) is 3. The van der Waals surface area contributed by atoms with Crippen molar-refractivity contribution in [1.82, 2.24) is 5.32 Å². The molecule has 1 unspecified atom stereocenters. The Morgan fingerprint density at radius 1 is 1.14 bits per heavy atom. The van der Waals surface area contributed by atoms with Crippen molar-refractivity contribution in [2.45, 2.75) is 19.6 Å². The average molecular weight is 299 g/mol. The van der Waals surface area contributed by atoms with E-state index in [1.165, 1.54) is 6.92 Å². The molecular weight excluding hydrogens is 282 g/mol. The summed E-state index contributed by atoms with van der Waals surface area (Å²) in [6.07, 6.45) is 0. The van der Waals surface area contributed by atoms with Crippen LogP contribution in [0.5, 0.6) is 5.75 Å². The molecule has 2 aromatic rings. The number of ether oxygens (including phenoxy) is 1. The summed E-state index contributed by atoms with van der Waals surface area (Å²) in [5, 5.41) is 11.2. The molecule has 22 heavy (non-hydrogen) atoms. The van der Waals surface area contributed by atoms with Crippen LogP contribution in [0.25, 0.3) is 0 Å². The standard InChI is InChI=1S/C17H17NO4/c1-12(17(20)21)18-16(19)14-7-5-6-13(10-14)11-22-15-8-3-2-4-9-15/h2-10,12H,11H2,1H3,(H,18,19)(H,20,21). The fourth-order valence-electron chi connectivity index (χ4n) is 1.83. The van der Waals surface area contributed by atoms with Gasteiger partial charge in [-0.3, -0.25) is 9.59 Å². The van der Waals surface area contributed by atoms with E-state index in [0.29, 0.717) is 12.2 Å². The van der Waals surface area contributed by atoms with Crippen LogP contribution in [0.3, 0.4) is 0 Å². The second-order valence-electron chi connectivity index (χ2n) is 4.84. The Morgan fingerprint density at radius 3 is 2.55 bits per heavy atom. The van der Waals surface area contributed by atoms with Crippen LogP contribution in [-0.2, 0) is 11.4 Å². The number of nitrogens with one attached hydrogen (secondary N) is 1. The molecule has 0 spiro atoms. The molecule has 0 bridgehead atoms. The fourth-order valence-corrected chi connectivity index (χ4v) is 1.83. The molecule has 1 amide bonds. The van der Waals surface area contributed by atoms with Gasteiger partial charge in [-0.1, -0.05) is 30.3 Å². The van der Waals surface area contributed by atoms with Gasteiger partial charge in [-0.15, -0.1) is 0 Å². The Morgan fingerprint density at radius 2 is 1.86 bits per heavy atom. The van der Waals surface area contributed by atoms with Crippen LogP contribution in [0, 0.1) is 0 Å². The quantitative estimate of drug-likeness (QED) is 0.859. The molecule has 2 aromatic carbocycles. The summed E-state index contributed by atoms with van der Waals surface area (Å²) in [5.41, 5.74) is 1.24. The number of carboxylic acids is 1. The van der Waals surface area contributed by atoms with Crippen molar-refractivity contribution in [2.24, 2.45) is 0 Å². The van der Waals surface area contributed by atoms with Crippen molar-refractivity contribution in [3.8, 4) is 5.75 Å². The summed E-state index contributed by atoms with van der Waals surface area (Å²) in [5.74, 6) is -0.745. The van der Waals surface area contributed by atoms with Crippen molar-refractivity contribution < 1.29 is 19.4 Å². The Kier molecular flexibility index (Phi) is 5.14. The third-order valence-electron chi connectivity index (χ3n) is 3.06. The fraction of sp³-hybridized carbons (Fsp3) is 0.176. The van der Waals surface area contributed by atoms with Gasteiger partial charge in [-0.2, -0.15) is 0 Å². The van der Waals surface area contributed by atoms with Crippen LogP contribution in [0.1, 0.15) is 22.8 Å². The first kappa shape index (κ1) is 15.6. The normalized spacial score (nSPS) is 11.5. The largest absolute Gasteiger partial charge is 0.489 e. The van der Waals surface area contributed by atoms with Crippen LogP contribution in [0.2, 0.25) is 0 Å². The highest BCUT2D eigenvalue weighted by molar-refractivity contribution is 5.96. The SMILES string of the molecule is CC(NC(=O)c1cccc(COc2ccccc2)c1)C(=O)O. The second kappa shape index (κ2) is 7.26. The monoisotopic (exact) mass is 299 g/mol. The number of rotatable bonds is 6. The molecular formula is C17H17NO4. The molecule has 0 aromatic heterocycles. The smallest absolute Gasteiger partial charge is 0.325 e. The highest BCUT2D eigenvalue weighted by Crippen LogP contribution is 2.12. The van der Waals surface area contributed by atoms with Gasteiger partial charge >= 0.3 is 5.97 Å². The average Bonchev–Trinajstić information content (AvgIpc) is 2.54. The first-order valence-corrected chi connectivity index (χ1v) is 6.86. The number of carboxylic acid groups (broad SMARTS) is 1. The summed E-state index contributed by atoms with van der Waals surface area (Å²) in [7, 11) is 0. The highest BCUT2D eigenvalue weighted by atomic mass is 16.5. The number of carbonyl (C=O) groups excluding carboxylic acids is 1. The number of para-hydroxylation sites is 1. The Bertz CT molecular complexity index is 655. The van der Waals surface area contributed by atoms with Gasteiger partial charge < -0.3 is 15.2 Å². The molecule has 0 heterocycles. The second-order valence-corrected chi connectivity index (χ2v) is 4.84. The number of hydrogen-bond donors (Lipinski definition) is 2. The predicted molar refractivity (Wildman–Crippen MR) is 81.8 cm³/mol. The van der Waals surface area contributed by atoms with Gasteiger partial charge in [0.05, 0.1) is 0 Å². The molecule has 0 radical (unpaired) electrons. The van der Waals surface area contributed by atoms with Crippen LogP contribution in [0.4, 0.5) is 0 Å². The van der Waals surface area contributed by atoms with Crippen molar-refractivity contribution >= 4 is 11.9 Å². The van der Waals surface area contributed by atoms with Crippen molar-refractivity contribution in [3.63, 3.8) is 0 Å². The van der Waals surface area contributed by atoms with E-state index < -0.39 is 17.9 Å². The first-order valence-electron chi connectivity index (χ1n) is 6.86. The molecule has 0 aliphatic heterocycles. The van der Waals surface area contributed by atoms with E-state index in [4.69, 9.17) is 9.84 Å². The molecule has 5 nitrogen and oxygen atoms in total. The molecule has 0 aliphatic carbocycles. The van der Waals surface area contributed by atoms with Crippen LogP contribution in [0.15, 0.2) is 54.6 Å². The lowest BCUT2D eigenvalue weighted by Gasteiger charge is -2.10. The number of aliphatic carboxylic acids is 1. The summed E-state index contributed by atoms with van der Waals surface area (Å²) < 4.78 is 5.62. The minimum Gasteiger partial charge on any atom is -0.489 e. The van der Waals surface area contributed by atoms with Gasteiger partial charge in [0.15, 0.2) is 0 Å². The van der Waals surface area contributed by atoms with Gasteiger partial charge in [0, 0.05) is 5.56 Å². The molecule has 1 atom stereocenters. The third-order valence-corrected chi connectivity index (χ3v) is 3.06. The number of benzene rings is 2. The van der Waals surface area contributed by atoms with Gasteiger partial charge in [0.1, 0.15) is 18.4 Å². The lowest BCUT2D eigenvalue weighted by atomic mass is 10.1. The van der Waals surface area contributed by atoms with E-state index in [1.807, 2.05) is 36.4 Å². The van der Waals surface area contributed by atoms with E-state index in [2.05, 4.69) is 5.32 Å².